The fourth-order valence-electron chi connectivity index (χ4n) is 1.69. The second-order valence-electron chi connectivity index (χ2n) is 3.78. The normalized spacial score (nSPS) is 10.8. The van der Waals surface area contributed by atoms with Gasteiger partial charge in [-0.1, -0.05) is 12.1 Å². The Morgan fingerprint density at radius 1 is 1.12 bits per heavy atom. The Labute approximate surface area is 102 Å². The highest BCUT2D eigenvalue weighted by molar-refractivity contribution is 7.18. The van der Waals surface area contributed by atoms with Crippen LogP contribution in [-0.4, -0.2) is 9.55 Å². The van der Waals surface area contributed by atoms with Crippen LogP contribution in [0.1, 0.15) is 5.01 Å². The highest BCUT2D eigenvalue weighted by Gasteiger charge is 2.02. The molecule has 0 N–H and O–H groups in total. The SMILES string of the molecule is O=c1ccn(Cc2nc3ccccc3s2)cc1. The number of fused-ring (bicyclic) bond motifs is 1. The topological polar surface area (TPSA) is 34.9 Å². The van der Waals surface area contributed by atoms with Gasteiger partial charge in [0.25, 0.3) is 0 Å². The van der Waals surface area contributed by atoms with Crippen molar-refractivity contribution in [3.05, 3.63) is 64.0 Å². The van der Waals surface area contributed by atoms with E-state index in [9.17, 15) is 4.79 Å². The predicted octanol–water partition coefficient (Wildman–Crippen LogP) is 2.51. The first-order valence-electron chi connectivity index (χ1n) is 5.32. The molecule has 84 valence electrons. The molecule has 0 unspecified atom stereocenters. The van der Waals surface area contributed by atoms with Crippen LogP contribution in [0, 0.1) is 0 Å². The molecular weight excluding hydrogens is 232 g/mol. The lowest BCUT2D eigenvalue weighted by molar-refractivity contribution is 0.784. The van der Waals surface area contributed by atoms with Crippen LogP contribution in [0.5, 0.6) is 0 Å². The number of hydrogen-bond donors (Lipinski definition) is 0. The van der Waals surface area contributed by atoms with Crippen molar-refractivity contribution in [2.45, 2.75) is 6.54 Å². The largest absolute Gasteiger partial charge is 0.347 e. The monoisotopic (exact) mass is 242 g/mol. The third-order valence-electron chi connectivity index (χ3n) is 2.52. The summed E-state index contributed by atoms with van der Waals surface area (Å²) in [6, 6.07) is 11.2. The number of nitrogens with zero attached hydrogens (tertiary/aromatic N) is 2. The van der Waals surface area contributed by atoms with Gasteiger partial charge in [-0.2, -0.15) is 0 Å². The molecular formula is C13H10N2OS. The molecule has 3 rings (SSSR count). The first-order valence-corrected chi connectivity index (χ1v) is 6.13. The van der Waals surface area contributed by atoms with Gasteiger partial charge >= 0.3 is 0 Å². The van der Waals surface area contributed by atoms with E-state index in [1.54, 1.807) is 35.9 Å². The summed E-state index contributed by atoms with van der Waals surface area (Å²) >= 11 is 1.69. The zero-order valence-electron chi connectivity index (χ0n) is 9.04. The molecule has 0 spiro atoms. The molecule has 3 nitrogen and oxygen atoms in total. The van der Waals surface area contributed by atoms with Gasteiger partial charge in [-0.15, -0.1) is 11.3 Å². The maximum atomic E-state index is 11.0. The lowest BCUT2D eigenvalue weighted by Gasteiger charge is -2.01. The van der Waals surface area contributed by atoms with Crippen LogP contribution in [0.25, 0.3) is 10.2 Å². The Bertz CT molecular complexity index is 661. The highest BCUT2D eigenvalue weighted by atomic mass is 32.1. The Balaban J connectivity index is 1.94. The molecule has 0 aliphatic rings. The van der Waals surface area contributed by atoms with Crippen molar-refractivity contribution in [1.29, 1.82) is 0 Å². The molecule has 0 aliphatic heterocycles. The number of benzene rings is 1. The predicted molar refractivity (Wildman–Crippen MR) is 69.4 cm³/mol. The van der Waals surface area contributed by atoms with Gasteiger partial charge in [-0.05, 0) is 12.1 Å². The molecule has 0 bridgehead atoms. The fraction of sp³-hybridized carbons (Fsp3) is 0.0769. The zero-order valence-corrected chi connectivity index (χ0v) is 9.85. The van der Waals surface area contributed by atoms with Crippen LogP contribution in [0.15, 0.2) is 53.6 Å². The van der Waals surface area contributed by atoms with E-state index in [1.807, 2.05) is 22.8 Å². The highest BCUT2D eigenvalue weighted by Crippen LogP contribution is 2.21. The lowest BCUT2D eigenvalue weighted by Crippen LogP contribution is -2.04. The molecule has 0 saturated carbocycles. The molecule has 2 heterocycles. The van der Waals surface area contributed by atoms with Crippen LogP contribution >= 0.6 is 11.3 Å². The maximum absolute atomic E-state index is 11.0. The quantitative estimate of drug-likeness (QED) is 0.692. The minimum absolute atomic E-state index is 0.0329. The zero-order chi connectivity index (χ0) is 11.7. The molecule has 0 amide bonds. The summed E-state index contributed by atoms with van der Waals surface area (Å²) in [4.78, 5) is 15.5. The second kappa shape index (κ2) is 4.14. The van der Waals surface area contributed by atoms with E-state index in [1.165, 1.54) is 4.70 Å². The molecule has 4 heteroatoms. The number of thiazole rings is 1. The van der Waals surface area contributed by atoms with Gasteiger partial charge < -0.3 is 4.57 Å². The van der Waals surface area contributed by atoms with Gasteiger partial charge in [0.2, 0.25) is 0 Å². The van der Waals surface area contributed by atoms with Gasteiger partial charge in [0.15, 0.2) is 5.43 Å². The number of para-hydroxylation sites is 1. The molecule has 0 saturated heterocycles. The van der Waals surface area contributed by atoms with Gasteiger partial charge in [-0.25, -0.2) is 4.98 Å². The summed E-state index contributed by atoms with van der Waals surface area (Å²) in [5.41, 5.74) is 1.07. The van der Waals surface area contributed by atoms with E-state index < -0.39 is 0 Å². The first-order chi connectivity index (χ1) is 8.31. The summed E-state index contributed by atoms with van der Waals surface area (Å²) in [6.07, 6.45) is 3.57. The van der Waals surface area contributed by atoms with Crippen LogP contribution in [0.4, 0.5) is 0 Å². The van der Waals surface area contributed by atoms with E-state index in [4.69, 9.17) is 0 Å². The second-order valence-corrected chi connectivity index (χ2v) is 4.90. The fourth-order valence-corrected chi connectivity index (χ4v) is 2.67. The van der Waals surface area contributed by atoms with Gasteiger partial charge in [0.05, 0.1) is 16.8 Å². The molecule has 1 aromatic carbocycles. The minimum Gasteiger partial charge on any atom is -0.347 e. The Hall–Kier alpha value is -1.94. The van der Waals surface area contributed by atoms with Crippen molar-refractivity contribution >= 4 is 21.6 Å². The van der Waals surface area contributed by atoms with Crippen molar-refractivity contribution in [2.24, 2.45) is 0 Å². The Morgan fingerprint density at radius 3 is 2.65 bits per heavy atom. The summed E-state index contributed by atoms with van der Waals surface area (Å²) in [5.74, 6) is 0. The van der Waals surface area contributed by atoms with E-state index in [0.29, 0.717) is 6.54 Å². The summed E-state index contributed by atoms with van der Waals surface area (Å²) < 4.78 is 3.16. The van der Waals surface area contributed by atoms with Crippen molar-refractivity contribution in [2.75, 3.05) is 0 Å². The average Bonchev–Trinajstić information content (AvgIpc) is 2.74. The molecule has 0 fully saturated rings. The average molecular weight is 242 g/mol. The maximum Gasteiger partial charge on any atom is 0.181 e. The van der Waals surface area contributed by atoms with Crippen molar-refractivity contribution in [3.8, 4) is 0 Å². The van der Waals surface area contributed by atoms with Crippen LogP contribution < -0.4 is 5.43 Å². The van der Waals surface area contributed by atoms with Crippen LogP contribution in [0.2, 0.25) is 0 Å². The lowest BCUT2D eigenvalue weighted by atomic mass is 10.3. The summed E-state index contributed by atoms with van der Waals surface area (Å²) in [5, 5.41) is 1.05. The van der Waals surface area contributed by atoms with E-state index in [-0.39, 0.29) is 5.43 Å². The summed E-state index contributed by atoms with van der Waals surface area (Å²) in [6.45, 7) is 0.708. The first kappa shape index (κ1) is 10.2. The van der Waals surface area contributed by atoms with E-state index in [0.717, 1.165) is 10.5 Å². The Kier molecular flexibility index (Phi) is 2.49. The van der Waals surface area contributed by atoms with E-state index in [2.05, 4.69) is 11.1 Å². The molecule has 3 aromatic rings. The van der Waals surface area contributed by atoms with Crippen LogP contribution in [0.3, 0.4) is 0 Å². The molecule has 2 aromatic heterocycles. The standard InChI is InChI=1S/C13H10N2OS/c16-10-5-7-15(8-6-10)9-13-14-11-3-1-2-4-12(11)17-13/h1-8H,9H2. The number of hydrogen-bond acceptors (Lipinski definition) is 3. The molecule has 17 heavy (non-hydrogen) atoms. The summed E-state index contributed by atoms with van der Waals surface area (Å²) in [7, 11) is 0. The Morgan fingerprint density at radius 2 is 1.88 bits per heavy atom. The van der Waals surface area contributed by atoms with E-state index >= 15 is 0 Å². The smallest absolute Gasteiger partial charge is 0.181 e. The van der Waals surface area contributed by atoms with Gasteiger partial charge in [0.1, 0.15) is 5.01 Å². The third kappa shape index (κ3) is 2.12. The third-order valence-corrected chi connectivity index (χ3v) is 3.54. The minimum atomic E-state index is 0.0329. The molecule has 0 atom stereocenters. The van der Waals surface area contributed by atoms with Gasteiger partial charge in [-0.3, -0.25) is 4.79 Å². The number of aromatic nitrogens is 2. The van der Waals surface area contributed by atoms with Crippen molar-refractivity contribution in [3.63, 3.8) is 0 Å². The van der Waals surface area contributed by atoms with Crippen molar-refractivity contribution < 1.29 is 0 Å². The van der Waals surface area contributed by atoms with Crippen molar-refractivity contribution in [1.82, 2.24) is 9.55 Å². The van der Waals surface area contributed by atoms with Gasteiger partial charge in [0, 0.05) is 24.5 Å². The number of rotatable bonds is 2. The molecule has 0 aliphatic carbocycles. The van der Waals surface area contributed by atoms with Crippen LogP contribution in [-0.2, 0) is 6.54 Å². The molecule has 0 radical (unpaired) electrons. The number of pyridine rings is 1.